The summed E-state index contributed by atoms with van der Waals surface area (Å²) in [6, 6.07) is 11.5. The molecule has 0 saturated heterocycles. The number of aryl methyl sites for hydroxylation is 2. The number of oxime groups is 1. The Bertz CT molecular complexity index is 746. The Kier molecular flexibility index (Phi) is 6.45. The van der Waals surface area contributed by atoms with Crippen LogP contribution in [-0.2, 0) is 9.63 Å². The number of carbonyl (C=O) groups excluding carboxylic acids is 1. The predicted octanol–water partition coefficient (Wildman–Crippen LogP) is 3.89. The quantitative estimate of drug-likeness (QED) is 0.610. The fourth-order valence-electron chi connectivity index (χ4n) is 1.95. The van der Waals surface area contributed by atoms with E-state index in [2.05, 4.69) is 15.2 Å². The van der Waals surface area contributed by atoms with Crippen LogP contribution >= 0.6 is 0 Å². The van der Waals surface area contributed by atoms with Gasteiger partial charge in [-0.1, -0.05) is 11.2 Å². The standard InChI is InChI=1S/C18H18F2N2O3/c1-12-3-6-15(9-13(12)2)22-17(23)11-24-21-10-14-4-7-16(8-5-14)25-18(19)20/h3-10,18H,11H2,1-2H3,(H,22,23)/b21-10-. The molecule has 0 radical (unpaired) electrons. The number of nitrogens with one attached hydrogen (secondary N) is 1. The summed E-state index contributed by atoms with van der Waals surface area (Å²) in [4.78, 5) is 16.7. The Morgan fingerprint density at radius 3 is 2.52 bits per heavy atom. The van der Waals surface area contributed by atoms with E-state index in [0.717, 1.165) is 11.1 Å². The van der Waals surface area contributed by atoms with Gasteiger partial charge in [-0.25, -0.2) is 0 Å². The molecule has 0 atom stereocenters. The van der Waals surface area contributed by atoms with Gasteiger partial charge in [-0.15, -0.1) is 0 Å². The molecule has 25 heavy (non-hydrogen) atoms. The minimum Gasteiger partial charge on any atom is -0.435 e. The highest BCUT2D eigenvalue weighted by Gasteiger charge is 2.04. The number of amides is 1. The van der Waals surface area contributed by atoms with Crippen molar-refractivity contribution in [3.05, 3.63) is 59.2 Å². The largest absolute Gasteiger partial charge is 0.435 e. The fraction of sp³-hybridized carbons (Fsp3) is 0.222. The van der Waals surface area contributed by atoms with Gasteiger partial charge in [0.05, 0.1) is 6.21 Å². The minimum absolute atomic E-state index is 0.0563. The van der Waals surface area contributed by atoms with Crippen LogP contribution in [-0.4, -0.2) is 25.3 Å². The summed E-state index contributed by atoms with van der Waals surface area (Å²) in [5, 5.41) is 6.38. The van der Waals surface area contributed by atoms with E-state index in [1.807, 2.05) is 32.0 Å². The van der Waals surface area contributed by atoms with Gasteiger partial charge in [-0.2, -0.15) is 8.78 Å². The van der Waals surface area contributed by atoms with Crippen LogP contribution in [0.2, 0.25) is 0 Å². The lowest BCUT2D eigenvalue weighted by molar-refractivity contribution is -0.120. The van der Waals surface area contributed by atoms with Crippen molar-refractivity contribution in [1.82, 2.24) is 0 Å². The van der Waals surface area contributed by atoms with Crippen molar-refractivity contribution in [2.24, 2.45) is 5.16 Å². The number of nitrogens with zero attached hydrogens (tertiary/aromatic N) is 1. The minimum atomic E-state index is -2.86. The van der Waals surface area contributed by atoms with Crippen LogP contribution in [0.15, 0.2) is 47.6 Å². The third-order valence-corrected chi connectivity index (χ3v) is 3.37. The lowest BCUT2D eigenvalue weighted by atomic mass is 10.1. The van der Waals surface area contributed by atoms with E-state index < -0.39 is 6.61 Å². The smallest absolute Gasteiger partial charge is 0.387 e. The maximum atomic E-state index is 12.0. The number of ether oxygens (including phenoxy) is 1. The molecule has 2 aromatic rings. The molecule has 0 saturated carbocycles. The van der Waals surface area contributed by atoms with E-state index in [1.54, 1.807) is 12.1 Å². The Morgan fingerprint density at radius 2 is 1.88 bits per heavy atom. The van der Waals surface area contributed by atoms with E-state index in [4.69, 9.17) is 4.84 Å². The number of halogens is 2. The number of alkyl halides is 2. The van der Waals surface area contributed by atoms with Gasteiger partial charge in [-0.3, -0.25) is 4.79 Å². The summed E-state index contributed by atoms with van der Waals surface area (Å²) in [7, 11) is 0. The summed E-state index contributed by atoms with van der Waals surface area (Å²) >= 11 is 0. The second kappa shape index (κ2) is 8.77. The SMILES string of the molecule is Cc1ccc(NC(=O)CO/N=C\c2ccc(OC(F)F)cc2)cc1C. The second-order valence-corrected chi connectivity index (χ2v) is 5.30. The monoisotopic (exact) mass is 348 g/mol. The zero-order valence-electron chi connectivity index (χ0n) is 13.8. The molecule has 0 spiro atoms. The average Bonchev–Trinajstić information content (AvgIpc) is 2.56. The van der Waals surface area contributed by atoms with E-state index in [-0.39, 0.29) is 18.3 Å². The van der Waals surface area contributed by atoms with Gasteiger partial charge in [0.2, 0.25) is 0 Å². The number of anilines is 1. The van der Waals surface area contributed by atoms with Crippen molar-refractivity contribution in [3.63, 3.8) is 0 Å². The maximum absolute atomic E-state index is 12.0. The van der Waals surface area contributed by atoms with Crippen molar-refractivity contribution in [3.8, 4) is 5.75 Å². The topological polar surface area (TPSA) is 59.9 Å². The number of carbonyl (C=O) groups is 1. The Labute approximate surface area is 144 Å². The van der Waals surface area contributed by atoms with Crippen molar-refractivity contribution < 1.29 is 23.1 Å². The Hall–Kier alpha value is -2.96. The molecule has 2 aromatic carbocycles. The van der Waals surface area contributed by atoms with Gasteiger partial charge < -0.3 is 14.9 Å². The van der Waals surface area contributed by atoms with Crippen molar-refractivity contribution in [2.75, 3.05) is 11.9 Å². The molecule has 1 amide bonds. The van der Waals surface area contributed by atoms with Crippen LogP contribution in [0.3, 0.4) is 0 Å². The van der Waals surface area contributed by atoms with Gasteiger partial charge in [0, 0.05) is 5.69 Å². The molecular formula is C18H18F2N2O3. The lowest BCUT2D eigenvalue weighted by Crippen LogP contribution is -2.17. The average molecular weight is 348 g/mol. The summed E-state index contributed by atoms with van der Waals surface area (Å²) in [6.07, 6.45) is 1.37. The fourth-order valence-corrected chi connectivity index (χ4v) is 1.95. The predicted molar refractivity (Wildman–Crippen MR) is 91.2 cm³/mol. The van der Waals surface area contributed by atoms with Crippen molar-refractivity contribution in [1.29, 1.82) is 0 Å². The Balaban J connectivity index is 1.78. The van der Waals surface area contributed by atoms with Crippen LogP contribution in [0, 0.1) is 13.8 Å². The highest BCUT2D eigenvalue weighted by Crippen LogP contribution is 2.15. The molecular weight excluding hydrogens is 330 g/mol. The number of hydrogen-bond acceptors (Lipinski definition) is 4. The van der Waals surface area contributed by atoms with E-state index >= 15 is 0 Å². The molecule has 0 aliphatic heterocycles. The van der Waals surface area contributed by atoms with Gasteiger partial charge in [-0.05, 0) is 66.9 Å². The number of rotatable bonds is 7. The zero-order valence-corrected chi connectivity index (χ0v) is 13.8. The van der Waals surface area contributed by atoms with Gasteiger partial charge in [0.1, 0.15) is 5.75 Å². The molecule has 0 aliphatic rings. The third kappa shape index (κ3) is 6.21. The first-order valence-corrected chi connectivity index (χ1v) is 7.51. The normalized spacial score (nSPS) is 10.9. The zero-order chi connectivity index (χ0) is 18.2. The summed E-state index contributed by atoms with van der Waals surface area (Å²) in [6.45, 7) is 0.850. The van der Waals surface area contributed by atoms with E-state index in [0.29, 0.717) is 11.3 Å². The van der Waals surface area contributed by atoms with Crippen LogP contribution in [0.25, 0.3) is 0 Å². The first-order valence-electron chi connectivity index (χ1n) is 7.51. The van der Waals surface area contributed by atoms with Crippen molar-refractivity contribution in [2.45, 2.75) is 20.5 Å². The molecule has 0 aliphatic carbocycles. The third-order valence-electron chi connectivity index (χ3n) is 3.37. The second-order valence-electron chi connectivity index (χ2n) is 5.30. The highest BCUT2D eigenvalue weighted by molar-refractivity contribution is 5.91. The first-order chi connectivity index (χ1) is 11.9. The van der Waals surface area contributed by atoms with Crippen LogP contribution in [0.1, 0.15) is 16.7 Å². The summed E-state index contributed by atoms with van der Waals surface area (Å²) in [5.74, 6) is -0.276. The van der Waals surface area contributed by atoms with E-state index in [9.17, 15) is 13.6 Å². The van der Waals surface area contributed by atoms with Gasteiger partial charge in [0.25, 0.3) is 5.91 Å². The van der Waals surface area contributed by atoms with Gasteiger partial charge >= 0.3 is 6.61 Å². The molecule has 5 nitrogen and oxygen atoms in total. The maximum Gasteiger partial charge on any atom is 0.387 e. The molecule has 0 heterocycles. The molecule has 0 unspecified atom stereocenters. The molecule has 0 fully saturated rings. The molecule has 2 rings (SSSR count). The lowest BCUT2D eigenvalue weighted by Gasteiger charge is -2.07. The first kappa shape index (κ1) is 18.4. The molecule has 132 valence electrons. The van der Waals surface area contributed by atoms with E-state index in [1.165, 1.54) is 18.3 Å². The van der Waals surface area contributed by atoms with Crippen LogP contribution in [0.5, 0.6) is 5.75 Å². The van der Waals surface area contributed by atoms with Crippen LogP contribution in [0.4, 0.5) is 14.5 Å². The van der Waals surface area contributed by atoms with Crippen LogP contribution < -0.4 is 10.1 Å². The highest BCUT2D eigenvalue weighted by atomic mass is 19.3. The molecule has 0 bridgehead atoms. The number of benzene rings is 2. The molecule has 7 heteroatoms. The van der Waals surface area contributed by atoms with Crippen molar-refractivity contribution >= 4 is 17.8 Å². The Morgan fingerprint density at radius 1 is 1.16 bits per heavy atom. The number of hydrogen-bond donors (Lipinski definition) is 1. The molecule has 1 N–H and O–H groups in total. The molecule has 0 aromatic heterocycles. The van der Waals surface area contributed by atoms with Gasteiger partial charge in [0.15, 0.2) is 6.61 Å². The summed E-state index contributed by atoms with van der Waals surface area (Å²) in [5.41, 5.74) is 3.53. The summed E-state index contributed by atoms with van der Waals surface area (Å²) < 4.78 is 28.3.